The normalized spacial score (nSPS) is 11.5. The number of hydrogen-bond donors (Lipinski definition) is 2. The monoisotopic (exact) mass is 425 g/mol. The number of aromatic nitrogens is 3. The molecule has 0 aliphatic heterocycles. The molecule has 3 aromatic heterocycles. The molecule has 158 valence electrons. The highest BCUT2D eigenvalue weighted by Gasteiger charge is 2.20. The van der Waals surface area contributed by atoms with Crippen molar-refractivity contribution in [2.75, 3.05) is 0 Å². The number of furan rings is 1. The van der Waals surface area contributed by atoms with E-state index in [9.17, 15) is 20.4 Å². The van der Waals surface area contributed by atoms with Gasteiger partial charge in [-0.2, -0.15) is 10.5 Å². The maximum atomic E-state index is 11.2. The standard InChI is InChI=1S/C24H19N5O3/c1-12-7-17(14(3)29(12)23-19(11-26)13(2)15(4)32-23)8-18(10-25)22-27-20-6-5-16(24(30)31)9-21(20)28-22/h5-9H,1-4H3,(H,27,28)(H,30,31). The van der Waals surface area contributed by atoms with Gasteiger partial charge in [-0.05, 0) is 63.6 Å². The van der Waals surface area contributed by atoms with Crippen molar-refractivity contribution >= 4 is 28.7 Å². The van der Waals surface area contributed by atoms with Gasteiger partial charge < -0.3 is 14.5 Å². The lowest BCUT2D eigenvalue weighted by Crippen LogP contribution is -2.00. The van der Waals surface area contributed by atoms with Gasteiger partial charge in [0.05, 0.1) is 22.2 Å². The second kappa shape index (κ2) is 7.60. The van der Waals surface area contributed by atoms with Gasteiger partial charge in [0.1, 0.15) is 29.3 Å². The summed E-state index contributed by atoms with van der Waals surface area (Å²) in [6.07, 6.45) is 1.71. The van der Waals surface area contributed by atoms with Crippen LogP contribution in [0.3, 0.4) is 0 Å². The first-order chi connectivity index (χ1) is 15.2. The second-order valence-electron chi connectivity index (χ2n) is 7.53. The molecule has 0 atom stereocenters. The Bertz CT molecular complexity index is 1520. The third kappa shape index (κ3) is 3.24. The molecule has 0 spiro atoms. The molecule has 32 heavy (non-hydrogen) atoms. The van der Waals surface area contributed by atoms with Crippen LogP contribution in [-0.2, 0) is 0 Å². The molecule has 0 amide bonds. The van der Waals surface area contributed by atoms with E-state index in [1.165, 1.54) is 12.1 Å². The number of hydrogen-bond acceptors (Lipinski definition) is 5. The molecule has 0 unspecified atom stereocenters. The summed E-state index contributed by atoms with van der Waals surface area (Å²) in [5.41, 5.74) is 5.25. The highest BCUT2D eigenvalue weighted by atomic mass is 16.4. The number of allylic oxidation sites excluding steroid dienone is 1. The SMILES string of the molecule is Cc1oc(-n2c(C)cc(C=C(C#N)c3nc4ccc(C(=O)O)cc4[nH]3)c2C)c(C#N)c1C. The number of carboxylic acid groups (broad SMARTS) is 1. The molecule has 2 N–H and O–H groups in total. The van der Waals surface area contributed by atoms with E-state index in [2.05, 4.69) is 22.1 Å². The molecule has 0 saturated heterocycles. The average Bonchev–Trinajstić information content (AvgIpc) is 3.39. The molecule has 3 heterocycles. The predicted molar refractivity (Wildman–Crippen MR) is 118 cm³/mol. The van der Waals surface area contributed by atoms with Gasteiger partial charge in [0.15, 0.2) is 0 Å². The Balaban J connectivity index is 1.82. The first-order valence-electron chi connectivity index (χ1n) is 9.79. The number of aryl methyl sites for hydroxylation is 2. The molecule has 0 radical (unpaired) electrons. The van der Waals surface area contributed by atoms with E-state index in [-0.39, 0.29) is 5.56 Å². The number of carbonyl (C=O) groups is 1. The van der Waals surface area contributed by atoms with Gasteiger partial charge in [0.2, 0.25) is 5.88 Å². The number of fused-ring (bicyclic) bond motifs is 1. The van der Waals surface area contributed by atoms with Crippen LogP contribution in [0.15, 0.2) is 28.7 Å². The summed E-state index contributed by atoms with van der Waals surface area (Å²) in [6, 6.07) is 10.8. The third-order valence-corrected chi connectivity index (χ3v) is 5.56. The Kier molecular flexibility index (Phi) is 4.92. The smallest absolute Gasteiger partial charge is 0.335 e. The highest BCUT2D eigenvalue weighted by molar-refractivity contribution is 5.94. The minimum atomic E-state index is -1.04. The molecular weight excluding hydrogens is 406 g/mol. The van der Waals surface area contributed by atoms with Crippen molar-refractivity contribution in [2.24, 2.45) is 0 Å². The lowest BCUT2D eigenvalue weighted by Gasteiger charge is -2.06. The highest BCUT2D eigenvalue weighted by Crippen LogP contribution is 2.30. The average molecular weight is 425 g/mol. The van der Waals surface area contributed by atoms with Crippen LogP contribution in [0.1, 0.15) is 50.0 Å². The maximum absolute atomic E-state index is 11.2. The molecule has 1 aromatic carbocycles. The molecule has 8 nitrogen and oxygen atoms in total. The molecule has 0 saturated carbocycles. The van der Waals surface area contributed by atoms with Gasteiger partial charge in [-0.1, -0.05) is 0 Å². The van der Waals surface area contributed by atoms with E-state index in [1.54, 1.807) is 12.1 Å². The predicted octanol–water partition coefficient (Wildman–Crippen LogP) is 4.81. The van der Waals surface area contributed by atoms with E-state index in [0.29, 0.717) is 39.6 Å². The number of benzene rings is 1. The summed E-state index contributed by atoms with van der Waals surface area (Å²) in [5, 5.41) is 28.5. The maximum Gasteiger partial charge on any atom is 0.335 e. The van der Waals surface area contributed by atoms with Gasteiger partial charge in [-0.25, -0.2) is 9.78 Å². The van der Waals surface area contributed by atoms with Crippen molar-refractivity contribution in [3.8, 4) is 18.0 Å². The van der Waals surface area contributed by atoms with Crippen LogP contribution in [0.2, 0.25) is 0 Å². The first kappa shape index (κ1) is 20.7. The Morgan fingerprint density at radius 3 is 2.62 bits per heavy atom. The van der Waals surface area contributed by atoms with E-state index < -0.39 is 5.97 Å². The molecule has 0 aliphatic carbocycles. The van der Waals surface area contributed by atoms with Crippen molar-refractivity contribution in [3.63, 3.8) is 0 Å². The number of nitriles is 2. The fourth-order valence-electron chi connectivity index (χ4n) is 3.72. The first-order valence-corrected chi connectivity index (χ1v) is 9.79. The number of nitrogens with one attached hydrogen (secondary N) is 1. The zero-order chi connectivity index (χ0) is 23.2. The lowest BCUT2D eigenvalue weighted by molar-refractivity contribution is 0.0697. The summed E-state index contributed by atoms with van der Waals surface area (Å²) < 4.78 is 7.73. The van der Waals surface area contributed by atoms with Crippen LogP contribution < -0.4 is 0 Å². The molecular formula is C24H19N5O3. The van der Waals surface area contributed by atoms with Gasteiger partial charge in [0.25, 0.3) is 0 Å². The van der Waals surface area contributed by atoms with E-state index in [4.69, 9.17) is 4.42 Å². The number of aromatic amines is 1. The van der Waals surface area contributed by atoms with Gasteiger partial charge >= 0.3 is 5.97 Å². The van der Waals surface area contributed by atoms with Crippen LogP contribution >= 0.6 is 0 Å². The Morgan fingerprint density at radius 1 is 1.22 bits per heavy atom. The molecule has 0 fully saturated rings. The molecule has 0 bridgehead atoms. The zero-order valence-electron chi connectivity index (χ0n) is 17.9. The number of H-pyrrole nitrogens is 1. The van der Waals surface area contributed by atoms with Gasteiger partial charge in [0, 0.05) is 17.0 Å². The minimum absolute atomic E-state index is 0.135. The topological polar surface area (TPSA) is 132 Å². The zero-order valence-corrected chi connectivity index (χ0v) is 17.9. The molecule has 8 heteroatoms. The van der Waals surface area contributed by atoms with Crippen molar-refractivity contribution in [1.82, 2.24) is 14.5 Å². The van der Waals surface area contributed by atoms with E-state index >= 15 is 0 Å². The number of imidazole rings is 1. The van der Waals surface area contributed by atoms with Crippen LogP contribution in [0.4, 0.5) is 0 Å². The summed E-state index contributed by atoms with van der Waals surface area (Å²) in [5.74, 6) is 0.450. The summed E-state index contributed by atoms with van der Waals surface area (Å²) in [7, 11) is 0. The van der Waals surface area contributed by atoms with Crippen LogP contribution in [0, 0.1) is 50.4 Å². The Morgan fingerprint density at radius 2 is 1.97 bits per heavy atom. The molecule has 0 aliphatic rings. The quantitative estimate of drug-likeness (QED) is 0.451. The number of carboxylic acids is 1. The van der Waals surface area contributed by atoms with Crippen molar-refractivity contribution in [3.05, 3.63) is 69.5 Å². The van der Waals surface area contributed by atoms with Crippen LogP contribution in [0.5, 0.6) is 0 Å². The van der Waals surface area contributed by atoms with Crippen molar-refractivity contribution in [1.29, 1.82) is 10.5 Å². The Labute approximate surface area is 183 Å². The van der Waals surface area contributed by atoms with Crippen LogP contribution in [-0.4, -0.2) is 25.6 Å². The van der Waals surface area contributed by atoms with Gasteiger partial charge in [-0.3, -0.25) is 4.57 Å². The summed E-state index contributed by atoms with van der Waals surface area (Å²) in [6.45, 7) is 7.46. The summed E-state index contributed by atoms with van der Waals surface area (Å²) >= 11 is 0. The van der Waals surface area contributed by atoms with Gasteiger partial charge in [-0.15, -0.1) is 0 Å². The van der Waals surface area contributed by atoms with Crippen LogP contribution in [0.25, 0.3) is 28.6 Å². The fourth-order valence-corrected chi connectivity index (χ4v) is 3.72. The third-order valence-electron chi connectivity index (χ3n) is 5.56. The fraction of sp³-hybridized carbons (Fsp3) is 0.167. The number of rotatable bonds is 4. The minimum Gasteiger partial charge on any atom is -0.478 e. The largest absolute Gasteiger partial charge is 0.478 e. The second-order valence-corrected chi connectivity index (χ2v) is 7.53. The summed E-state index contributed by atoms with van der Waals surface area (Å²) in [4.78, 5) is 18.7. The number of nitrogens with zero attached hydrogens (tertiary/aromatic N) is 4. The lowest BCUT2D eigenvalue weighted by atomic mass is 10.1. The molecule has 4 aromatic rings. The molecule has 4 rings (SSSR count). The number of aromatic carboxylic acids is 1. The Hall–Kier alpha value is -4.56. The van der Waals surface area contributed by atoms with E-state index in [1.807, 2.05) is 38.3 Å². The van der Waals surface area contributed by atoms with E-state index in [0.717, 1.165) is 22.5 Å². The van der Waals surface area contributed by atoms with Crippen molar-refractivity contribution in [2.45, 2.75) is 27.7 Å². The van der Waals surface area contributed by atoms with Crippen molar-refractivity contribution < 1.29 is 14.3 Å².